The summed E-state index contributed by atoms with van der Waals surface area (Å²) in [4.78, 5) is 14.9. The molecule has 1 aliphatic heterocycles. The van der Waals surface area contributed by atoms with E-state index in [4.69, 9.17) is 9.47 Å². The van der Waals surface area contributed by atoms with Gasteiger partial charge in [0.1, 0.15) is 11.5 Å². The topological polar surface area (TPSA) is 62.6 Å². The molecule has 2 aliphatic rings. The van der Waals surface area contributed by atoms with Crippen molar-refractivity contribution in [3.8, 4) is 17.6 Å². The standard InChI is InChI=1S/C20H18N2O3/c1-24-15-5-3-13(4-6-15)12-22-18-8-7-16(25-2)9-17(18)20(19(22)23)10-14(20)11-21/h3-9,14H,10,12H2,1-2H3. The number of nitriles is 1. The highest BCUT2D eigenvalue weighted by molar-refractivity contribution is 6.11. The number of methoxy groups -OCH3 is 2. The zero-order valence-electron chi connectivity index (χ0n) is 14.2. The SMILES string of the molecule is COc1ccc(CN2C(=O)C3(CC3C#N)c3cc(OC)ccc32)cc1. The van der Waals surface area contributed by atoms with E-state index in [9.17, 15) is 10.1 Å². The molecule has 0 radical (unpaired) electrons. The summed E-state index contributed by atoms with van der Waals surface area (Å²) in [5, 5.41) is 9.37. The first kappa shape index (κ1) is 15.5. The third-order valence-corrected chi connectivity index (χ3v) is 5.22. The molecule has 1 heterocycles. The molecule has 2 aromatic carbocycles. The molecular weight excluding hydrogens is 316 g/mol. The Bertz CT molecular complexity index is 885. The van der Waals surface area contributed by atoms with E-state index in [1.54, 1.807) is 19.1 Å². The molecule has 126 valence electrons. The summed E-state index contributed by atoms with van der Waals surface area (Å²) in [5.74, 6) is 1.25. The minimum atomic E-state index is -0.689. The predicted octanol–water partition coefficient (Wildman–Crippen LogP) is 3.03. The van der Waals surface area contributed by atoms with Crippen LogP contribution in [0.2, 0.25) is 0 Å². The van der Waals surface area contributed by atoms with Gasteiger partial charge in [-0.05, 0) is 47.9 Å². The van der Waals surface area contributed by atoms with E-state index < -0.39 is 5.41 Å². The highest BCUT2D eigenvalue weighted by Gasteiger charge is 2.67. The molecule has 1 saturated carbocycles. The molecule has 0 bridgehead atoms. The van der Waals surface area contributed by atoms with Gasteiger partial charge in [0.05, 0.1) is 38.2 Å². The molecule has 1 fully saturated rings. The van der Waals surface area contributed by atoms with Gasteiger partial charge in [-0.1, -0.05) is 12.1 Å². The number of hydrogen-bond donors (Lipinski definition) is 0. The van der Waals surface area contributed by atoms with Crippen molar-refractivity contribution < 1.29 is 14.3 Å². The Kier molecular flexibility index (Phi) is 3.43. The van der Waals surface area contributed by atoms with Gasteiger partial charge in [-0.15, -0.1) is 0 Å². The molecule has 0 aromatic heterocycles. The second-order valence-electron chi connectivity index (χ2n) is 6.48. The molecule has 0 saturated heterocycles. The number of fused-ring (bicyclic) bond motifs is 2. The van der Waals surface area contributed by atoms with Crippen molar-refractivity contribution in [2.75, 3.05) is 19.1 Å². The highest BCUT2D eigenvalue weighted by atomic mass is 16.5. The number of hydrogen-bond acceptors (Lipinski definition) is 4. The van der Waals surface area contributed by atoms with Gasteiger partial charge in [0.25, 0.3) is 0 Å². The molecule has 1 aliphatic carbocycles. The Labute approximate surface area is 146 Å². The van der Waals surface area contributed by atoms with Crippen LogP contribution in [-0.4, -0.2) is 20.1 Å². The molecule has 2 unspecified atom stereocenters. The Morgan fingerprint density at radius 1 is 1.16 bits per heavy atom. The number of carbonyl (C=O) groups is 1. The lowest BCUT2D eigenvalue weighted by Crippen LogP contribution is -2.32. The monoisotopic (exact) mass is 334 g/mol. The van der Waals surface area contributed by atoms with E-state index in [0.29, 0.717) is 18.7 Å². The summed E-state index contributed by atoms with van der Waals surface area (Å²) in [6, 6.07) is 15.6. The minimum absolute atomic E-state index is 0.0121. The first-order valence-electron chi connectivity index (χ1n) is 8.17. The number of nitrogens with zero attached hydrogens (tertiary/aromatic N) is 2. The Morgan fingerprint density at radius 3 is 2.44 bits per heavy atom. The maximum atomic E-state index is 13.2. The molecule has 2 atom stereocenters. The number of amides is 1. The fraction of sp³-hybridized carbons (Fsp3) is 0.300. The Balaban J connectivity index is 1.72. The number of carbonyl (C=O) groups excluding carboxylic acids is 1. The third-order valence-electron chi connectivity index (χ3n) is 5.22. The summed E-state index contributed by atoms with van der Waals surface area (Å²) < 4.78 is 10.5. The van der Waals surface area contributed by atoms with Crippen LogP contribution in [0.5, 0.6) is 11.5 Å². The quantitative estimate of drug-likeness (QED) is 0.862. The lowest BCUT2D eigenvalue weighted by atomic mass is 9.95. The lowest BCUT2D eigenvalue weighted by Gasteiger charge is -2.18. The summed E-state index contributed by atoms with van der Waals surface area (Å²) in [6.45, 7) is 0.474. The average molecular weight is 334 g/mol. The van der Waals surface area contributed by atoms with Crippen LogP contribution in [-0.2, 0) is 16.8 Å². The highest BCUT2D eigenvalue weighted by Crippen LogP contribution is 2.62. The second-order valence-corrected chi connectivity index (χ2v) is 6.48. The Morgan fingerprint density at radius 2 is 1.84 bits per heavy atom. The van der Waals surface area contributed by atoms with Gasteiger partial charge in [-0.2, -0.15) is 5.26 Å². The van der Waals surface area contributed by atoms with E-state index in [1.165, 1.54) is 0 Å². The second kappa shape index (κ2) is 5.52. The molecule has 0 N–H and O–H groups in total. The van der Waals surface area contributed by atoms with Crippen molar-refractivity contribution in [2.45, 2.75) is 18.4 Å². The van der Waals surface area contributed by atoms with Crippen LogP contribution in [0.3, 0.4) is 0 Å². The van der Waals surface area contributed by atoms with Gasteiger partial charge in [0.15, 0.2) is 0 Å². The van der Waals surface area contributed by atoms with Crippen LogP contribution in [0, 0.1) is 17.2 Å². The Hall–Kier alpha value is -3.00. The number of rotatable bonds is 4. The third kappa shape index (κ3) is 2.18. The first-order chi connectivity index (χ1) is 12.1. The molecule has 5 heteroatoms. The van der Waals surface area contributed by atoms with E-state index in [-0.39, 0.29) is 11.8 Å². The maximum Gasteiger partial charge on any atom is 0.239 e. The van der Waals surface area contributed by atoms with Gasteiger partial charge in [-0.25, -0.2) is 0 Å². The van der Waals surface area contributed by atoms with Gasteiger partial charge < -0.3 is 14.4 Å². The van der Waals surface area contributed by atoms with Gasteiger partial charge in [0, 0.05) is 5.69 Å². The normalized spacial score (nSPS) is 23.3. The van der Waals surface area contributed by atoms with E-state index >= 15 is 0 Å². The fourth-order valence-electron chi connectivity index (χ4n) is 3.72. The summed E-state index contributed by atoms with van der Waals surface area (Å²) in [5.41, 5.74) is 2.11. The van der Waals surface area contributed by atoms with Gasteiger partial charge >= 0.3 is 0 Å². The van der Waals surface area contributed by atoms with Crippen LogP contribution in [0.1, 0.15) is 17.5 Å². The molecule has 1 spiro atoms. The number of anilines is 1. The lowest BCUT2D eigenvalue weighted by molar-refractivity contribution is -0.120. The van der Waals surface area contributed by atoms with E-state index in [0.717, 1.165) is 22.6 Å². The molecule has 25 heavy (non-hydrogen) atoms. The first-order valence-corrected chi connectivity index (χ1v) is 8.17. The number of ether oxygens (including phenoxy) is 2. The minimum Gasteiger partial charge on any atom is -0.497 e. The summed E-state index contributed by atoms with van der Waals surface area (Å²) >= 11 is 0. The van der Waals surface area contributed by atoms with Crippen molar-refractivity contribution in [2.24, 2.45) is 5.92 Å². The van der Waals surface area contributed by atoms with Crippen LogP contribution in [0.4, 0.5) is 5.69 Å². The van der Waals surface area contributed by atoms with Crippen LogP contribution < -0.4 is 14.4 Å². The van der Waals surface area contributed by atoms with Crippen molar-refractivity contribution >= 4 is 11.6 Å². The van der Waals surface area contributed by atoms with Gasteiger partial charge in [0.2, 0.25) is 5.91 Å². The molecule has 2 aromatic rings. The zero-order valence-corrected chi connectivity index (χ0v) is 14.2. The smallest absolute Gasteiger partial charge is 0.239 e. The van der Waals surface area contributed by atoms with Gasteiger partial charge in [-0.3, -0.25) is 4.79 Å². The van der Waals surface area contributed by atoms with Crippen molar-refractivity contribution in [3.63, 3.8) is 0 Å². The van der Waals surface area contributed by atoms with Crippen LogP contribution >= 0.6 is 0 Å². The van der Waals surface area contributed by atoms with Crippen molar-refractivity contribution in [1.29, 1.82) is 5.26 Å². The zero-order chi connectivity index (χ0) is 17.6. The van der Waals surface area contributed by atoms with E-state index in [1.807, 2.05) is 42.5 Å². The predicted molar refractivity (Wildman–Crippen MR) is 92.6 cm³/mol. The van der Waals surface area contributed by atoms with Crippen LogP contribution in [0.25, 0.3) is 0 Å². The maximum absolute atomic E-state index is 13.2. The number of benzene rings is 2. The van der Waals surface area contributed by atoms with Crippen molar-refractivity contribution in [3.05, 3.63) is 53.6 Å². The molecule has 5 nitrogen and oxygen atoms in total. The molecule has 4 rings (SSSR count). The molecule has 1 amide bonds. The average Bonchev–Trinajstić information content (AvgIpc) is 3.36. The van der Waals surface area contributed by atoms with E-state index in [2.05, 4.69) is 6.07 Å². The fourth-order valence-corrected chi connectivity index (χ4v) is 3.72. The van der Waals surface area contributed by atoms with Crippen molar-refractivity contribution in [1.82, 2.24) is 0 Å². The summed E-state index contributed by atoms with van der Waals surface area (Å²) in [6.07, 6.45) is 0.585. The molecular formula is C20H18N2O3. The van der Waals surface area contributed by atoms with Crippen LogP contribution in [0.15, 0.2) is 42.5 Å². The largest absolute Gasteiger partial charge is 0.497 e. The summed E-state index contributed by atoms with van der Waals surface area (Å²) in [7, 11) is 3.23.